The van der Waals surface area contributed by atoms with Crippen LogP contribution in [0.15, 0.2) is 12.4 Å². The molecule has 4 N–H and O–H groups in total. The molecule has 5 heteroatoms. The number of carbonyl (C=O) groups is 1. The van der Waals surface area contributed by atoms with Crippen LogP contribution in [0.25, 0.3) is 0 Å². The molecule has 0 spiro atoms. The molecule has 0 aliphatic heterocycles. The van der Waals surface area contributed by atoms with Gasteiger partial charge in [-0.05, 0) is 12.8 Å². The predicted octanol–water partition coefficient (Wildman–Crippen LogP) is 0.513. The largest absolute Gasteiger partial charge is 0.345 e. The lowest BCUT2D eigenvalue weighted by atomic mass is 9.88. The number of aromatic nitrogens is 2. The highest BCUT2D eigenvalue weighted by molar-refractivity contribution is 5.94. The predicted molar refractivity (Wildman–Crippen MR) is 58.4 cm³/mol. The first-order chi connectivity index (χ1) is 6.99. The van der Waals surface area contributed by atoms with Crippen molar-refractivity contribution in [2.24, 2.45) is 11.7 Å². The average molecular weight is 210 g/mol. The minimum absolute atomic E-state index is 0.148. The fourth-order valence-corrected chi connectivity index (χ4v) is 1.14. The molecule has 1 heterocycles. The van der Waals surface area contributed by atoms with Crippen LogP contribution in [0, 0.1) is 5.92 Å². The van der Waals surface area contributed by atoms with Crippen LogP contribution in [-0.2, 0) is 0 Å². The van der Waals surface area contributed by atoms with Gasteiger partial charge in [0.2, 0.25) is 0 Å². The Balaban J connectivity index is 2.72. The van der Waals surface area contributed by atoms with Gasteiger partial charge in [-0.3, -0.25) is 9.89 Å². The summed E-state index contributed by atoms with van der Waals surface area (Å²) in [5.41, 5.74) is 5.81. The number of nitrogens with one attached hydrogen (secondary N) is 2. The van der Waals surface area contributed by atoms with E-state index in [2.05, 4.69) is 15.5 Å². The molecule has 0 aliphatic carbocycles. The molecule has 0 radical (unpaired) electrons. The first kappa shape index (κ1) is 11.7. The van der Waals surface area contributed by atoms with Gasteiger partial charge in [0.05, 0.1) is 17.3 Å². The highest BCUT2D eigenvalue weighted by Crippen LogP contribution is 2.15. The van der Waals surface area contributed by atoms with Gasteiger partial charge >= 0.3 is 0 Å². The Kier molecular flexibility index (Phi) is 3.47. The Morgan fingerprint density at radius 2 is 2.40 bits per heavy atom. The zero-order valence-electron chi connectivity index (χ0n) is 9.37. The van der Waals surface area contributed by atoms with Gasteiger partial charge in [0.15, 0.2) is 0 Å². The lowest BCUT2D eigenvalue weighted by molar-refractivity contribution is 0.0883. The Labute approximate surface area is 89.4 Å². The lowest BCUT2D eigenvalue weighted by Gasteiger charge is -2.33. The number of hydrogen-bond donors (Lipinski definition) is 3. The smallest absolute Gasteiger partial charge is 0.254 e. The van der Waals surface area contributed by atoms with Crippen LogP contribution in [0.3, 0.4) is 0 Å². The van der Waals surface area contributed by atoms with Crippen molar-refractivity contribution in [2.45, 2.75) is 26.3 Å². The van der Waals surface area contributed by atoms with Crippen molar-refractivity contribution in [3.8, 4) is 0 Å². The van der Waals surface area contributed by atoms with Crippen molar-refractivity contribution in [2.75, 3.05) is 6.54 Å². The highest BCUT2D eigenvalue weighted by atomic mass is 16.1. The molecule has 1 aromatic rings. The van der Waals surface area contributed by atoms with Crippen molar-refractivity contribution >= 4 is 5.91 Å². The molecule has 0 bridgehead atoms. The number of hydrogen-bond acceptors (Lipinski definition) is 3. The monoisotopic (exact) mass is 210 g/mol. The summed E-state index contributed by atoms with van der Waals surface area (Å²) in [6.07, 6.45) is 3.05. The molecular weight excluding hydrogens is 192 g/mol. The third-order valence-corrected chi connectivity index (χ3v) is 2.86. The molecule has 1 atom stereocenters. The van der Waals surface area contributed by atoms with Crippen molar-refractivity contribution in [1.82, 2.24) is 15.5 Å². The summed E-state index contributed by atoms with van der Waals surface area (Å²) in [6, 6.07) is 0. The summed E-state index contributed by atoms with van der Waals surface area (Å²) in [5, 5.41) is 9.25. The Morgan fingerprint density at radius 1 is 1.73 bits per heavy atom. The van der Waals surface area contributed by atoms with Gasteiger partial charge in [0, 0.05) is 12.7 Å². The summed E-state index contributed by atoms with van der Waals surface area (Å²) < 4.78 is 0. The fraction of sp³-hybridized carbons (Fsp3) is 0.600. The Hall–Kier alpha value is -1.36. The zero-order valence-corrected chi connectivity index (χ0v) is 9.37. The molecule has 5 nitrogen and oxygen atoms in total. The molecule has 1 unspecified atom stereocenters. The molecule has 1 rings (SSSR count). The lowest BCUT2D eigenvalue weighted by Crippen LogP contribution is -2.54. The second kappa shape index (κ2) is 4.44. The van der Waals surface area contributed by atoms with Gasteiger partial charge in [0.25, 0.3) is 5.91 Å². The van der Waals surface area contributed by atoms with Crippen molar-refractivity contribution in [1.29, 1.82) is 0 Å². The molecule has 1 aromatic heterocycles. The maximum Gasteiger partial charge on any atom is 0.254 e. The molecule has 0 fully saturated rings. The molecule has 1 amide bonds. The van der Waals surface area contributed by atoms with Gasteiger partial charge in [-0.1, -0.05) is 13.8 Å². The SMILES string of the molecule is CC(C)C(C)(CN)NC(=O)c1cn[nH]c1. The summed E-state index contributed by atoms with van der Waals surface area (Å²) in [5.74, 6) is 0.128. The van der Waals surface area contributed by atoms with Crippen LogP contribution < -0.4 is 11.1 Å². The first-order valence-corrected chi connectivity index (χ1v) is 5.01. The standard InChI is InChI=1S/C10H18N4O/c1-7(2)10(3,6-11)14-9(15)8-4-12-13-5-8/h4-5,7H,6,11H2,1-3H3,(H,12,13)(H,14,15). The van der Waals surface area contributed by atoms with E-state index in [0.29, 0.717) is 12.1 Å². The number of rotatable bonds is 4. The summed E-state index contributed by atoms with van der Waals surface area (Å²) in [4.78, 5) is 11.8. The zero-order chi connectivity index (χ0) is 11.5. The van der Waals surface area contributed by atoms with E-state index in [1.165, 1.54) is 6.20 Å². The third kappa shape index (κ3) is 2.56. The van der Waals surface area contributed by atoms with Gasteiger partial charge in [0.1, 0.15) is 0 Å². The van der Waals surface area contributed by atoms with Crippen LogP contribution in [0.5, 0.6) is 0 Å². The van der Waals surface area contributed by atoms with Crippen LogP contribution in [0.4, 0.5) is 0 Å². The summed E-state index contributed by atoms with van der Waals surface area (Å²) in [7, 11) is 0. The first-order valence-electron chi connectivity index (χ1n) is 5.01. The number of amides is 1. The molecular formula is C10H18N4O. The van der Waals surface area contributed by atoms with E-state index >= 15 is 0 Å². The summed E-state index contributed by atoms with van der Waals surface area (Å²) >= 11 is 0. The Bertz CT molecular complexity index is 320. The second-order valence-electron chi connectivity index (χ2n) is 4.22. The van der Waals surface area contributed by atoms with Gasteiger partial charge in [-0.2, -0.15) is 5.10 Å². The summed E-state index contributed by atoms with van der Waals surface area (Å²) in [6.45, 7) is 6.41. The van der Waals surface area contributed by atoms with Crippen LogP contribution in [0.1, 0.15) is 31.1 Å². The molecule has 84 valence electrons. The second-order valence-corrected chi connectivity index (χ2v) is 4.22. The van der Waals surface area contributed by atoms with E-state index in [9.17, 15) is 4.79 Å². The van der Waals surface area contributed by atoms with E-state index in [0.717, 1.165) is 0 Å². The average Bonchev–Trinajstić information content (AvgIpc) is 2.70. The van der Waals surface area contributed by atoms with Gasteiger partial charge < -0.3 is 11.1 Å². The van der Waals surface area contributed by atoms with Crippen molar-refractivity contribution < 1.29 is 4.79 Å². The quantitative estimate of drug-likeness (QED) is 0.677. The van der Waals surface area contributed by atoms with Crippen molar-refractivity contribution in [3.05, 3.63) is 18.0 Å². The normalized spacial score (nSPS) is 15.0. The molecule has 0 aromatic carbocycles. The minimum atomic E-state index is -0.381. The van der Waals surface area contributed by atoms with Crippen LogP contribution >= 0.6 is 0 Å². The maximum absolute atomic E-state index is 11.8. The number of carbonyl (C=O) groups excluding carboxylic acids is 1. The van der Waals surface area contributed by atoms with E-state index in [1.54, 1.807) is 6.20 Å². The van der Waals surface area contributed by atoms with E-state index in [1.807, 2.05) is 20.8 Å². The van der Waals surface area contributed by atoms with Gasteiger partial charge in [-0.15, -0.1) is 0 Å². The van der Waals surface area contributed by atoms with E-state index in [4.69, 9.17) is 5.73 Å². The highest BCUT2D eigenvalue weighted by Gasteiger charge is 2.28. The van der Waals surface area contributed by atoms with Crippen LogP contribution in [0.2, 0.25) is 0 Å². The molecule has 15 heavy (non-hydrogen) atoms. The van der Waals surface area contributed by atoms with Crippen LogP contribution in [-0.4, -0.2) is 28.2 Å². The fourth-order valence-electron chi connectivity index (χ4n) is 1.14. The van der Waals surface area contributed by atoms with Crippen molar-refractivity contribution in [3.63, 3.8) is 0 Å². The number of nitrogens with zero attached hydrogens (tertiary/aromatic N) is 1. The maximum atomic E-state index is 11.8. The topological polar surface area (TPSA) is 83.8 Å². The third-order valence-electron chi connectivity index (χ3n) is 2.86. The molecule has 0 saturated heterocycles. The van der Waals surface area contributed by atoms with E-state index in [-0.39, 0.29) is 17.4 Å². The number of H-pyrrole nitrogens is 1. The number of nitrogens with two attached hydrogens (primary N) is 1. The minimum Gasteiger partial charge on any atom is -0.345 e. The Morgan fingerprint density at radius 3 is 2.80 bits per heavy atom. The molecule has 0 aliphatic rings. The molecule has 0 saturated carbocycles. The number of aromatic amines is 1. The van der Waals surface area contributed by atoms with E-state index < -0.39 is 0 Å². The van der Waals surface area contributed by atoms with Gasteiger partial charge in [-0.25, -0.2) is 0 Å².